The van der Waals surface area contributed by atoms with E-state index in [9.17, 15) is 23.1 Å². The lowest BCUT2D eigenvalue weighted by Crippen LogP contribution is -2.51. The van der Waals surface area contributed by atoms with E-state index in [1.807, 2.05) is 0 Å². The molecule has 28 heavy (non-hydrogen) atoms. The van der Waals surface area contributed by atoms with Gasteiger partial charge in [-0.2, -0.15) is 0 Å². The molecule has 0 unspecified atom stereocenters. The number of hydrogen-bond acceptors (Lipinski definition) is 5. The van der Waals surface area contributed by atoms with Gasteiger partial charge in [0.25, 0.3) is 0 Å². The fraction of sp³-hybridized carbons (Fsp3) is 0.222. The van der Waals surface area contributed by atoms with E-state index in [1.54, 1.807) is 0 Å². The first-order valence-corrected chi connectivity index (χ1v) is 8.65. The van der Waals surface area contributed by atoms with Crippen molar-refractivity contribution in [3.05, 3.63) is 56.6 Å². The summed E-state index contributed by atoms with van der Waals surface area (Å²) in [4.78, 5) is 17.8. The number of rotatable bonds is 2. The van der Waals surface area contributed by atoms with Crippen LogP contribution < -0.4 is 16.1 Å². The van der Waals surface area contributed by atoms with Gasteiger partial charge in [-0.3, -0.25) is 9.36 Å². The first kappa shape index (κ1) is 18.6. The summed E-state index contributed by atoms with van der Waals surface area (Å²) in [6, 6.07) is 1.58. The molecule has 3 N–H and O–H groups in total. The molecule has 3 aromatic rings. The number of aromatic nitrogens is 2. The van der Waals surface area contributed by atoms with Crippen LogP contribution in [0.2, 0.25) is 5.02 Å². The SMILES string of the molecule is Cc1cn(-c2nc(N)c(F)cc2F)c2c(Cl)c(N3CC(O)C3)c(F)cc2c1=O. The van der Waals surface area contributed by atoms with Gasteiger partial charge >= 0.3 is 0 Å². The van der Waals surface area contributed by atoms with Crippen molar-refractivity contribution >= 4 is 34.0 Å². The maximum absolute atomic E-state index is 14.7. The van der Waals surface area contributed by atoms with Crippen molar-refractivity contribution in [3.63, 3.8) is 0 Å². The van der Waals surface area contributed by atoms with Crippen molar-refractivity contribution in [3.8, 4) is 5.82 Å². The summed E-state index contributed by atoms with van der Waals surface area (Å²) in [5, 5.41) is 9.27. The maximum Gasteiger partial charge on any atom is 0.192 e. The summed E-state index contributed by atoms with van der Waals surface area (Å²) in [7, 11) is 0. The number of nitrogens with two attached hydrogens (primary N) is 1. The molecule has 1 fully saturated rings. The fourth-order valence-corrected chi connectivity index (χ4v) is 3.67. The van der Waals surface area contributed by atoms with E-state index in [0.29, 0.717) is 6.07 Å². The molecule has 1 aliphatic heterocycles. The van der Waals surface area contributed by atoms with Crippen LogP contribution in [0, 0.1) is 24.4 Å². The van der Waals surface area contributed by atoms with E-state index < -0.39 is 34.8 Å². The molecule has 4 rings (SSSR count). The molecule has 3 heterocycles. The Balaban J connectivity index is 2.10. The van der Waals surface area contributed by atoms with Gasteiger partial charge in [0, 0.05) is 30.9 Å². The molecule has 1 aliphatic rings. The molecule has 1 aromatic carbocycles. The normalized spacial score (nSPS) is 14.6. The van der Waals surface area contributed by atoms with Crippen LogP contribution >= 0.6 is 11.6 Å². The topological polar surface area (TPSA) is 84.4 Å². The Bertz CT molecular complexity index is 1190. The van der Waals surface area contributed by atoms with Gasteiger partial charge < -0.3 is 15.7 Å². The van der Waals surface area contributed by atoms with Crippen LogP contribution in [0.3, 0.4) is 0 Å². The standard InChI is InChI=1S/C18H14ClF3N4O2/c1-7-4-26(18-12(22)3-11(21)17(23)24-18)14-9(16(7)28)2-10(20)15(13(14)19)25-5-8(27)6-25/h2-4,8,27H,5-6H2,1H3,(H2,23,24). The third-order valence-electron chi connectivity index (χ3n) is 4.68. The molecular weight excluding hydrogens is 397 g/mol. The highest BCUT2D eigenvalue weighted by Gasteiger charge is 2.31. The zero-order valence-corrected chi connectivity index (χ0v) is 15.3. The molecule has 146 valence electrons. The summed E-state index contributed by atoms with van der Waals surface area (Å²) in [5.41, 5.74) is 5.15. The highest BCUT2D eigenvalue weighted by atomic mass is 35.5. The number of hydrogen-bond donors (Lipinski definition) is 2. The number of nitrogens with zero attached hydrogens (tertiary/aromatic N) is 3. The average Bonchev–Trinajstić information content (AvgIpc) is 2.60. The largest absolute Gasteiger partial charge is 0.389 e. The molecule has 0 radical (unpaired) electrons. The van der Waals surface area contributed by atoms with Gasteiger partial charge in [-0.05, 0) is 13.0 Å². The zero-order chi connectivity index (χ0) is 20.3. The lowest BCUT2D eigenvalue weighted by atomic mass is 10.1. The second kappa shape index (κ2) is 6.39. The van der Waals surface area contributed by atoms with Crippen molar-refractivity contribution in [1.82, 2.24) is 9.55 Å². The highest BCUT2D eigenvalue weighted by Crippen LogP contribution is 2.38. The van der Waals surface area contributed by atoms with Gasteiger partial charge in [0.1, 0.15) is 5.82 Å². The molecular formula is C18H14ClF3N4O2. The van der Waals surface area contributed by atoms with Crippen molar-refractivity contribution in [2.75, 3.05) is 23.7 Å². The molecule has 0 atom stereocenters. The van der Waals surface area contributed by atoms with E-state index in [1.165, 1.54) is 18.0 Å². The highest BCUT2D eigenvalue weighted by molar-refractivity contribution is 6.38. The third kappa shape index (κ3) is 2.70. The zero-order valence-electron chi connectivity index (χ0n) is 14.5. The number of halogens is 4. The van der Waals surface area contributed by atoms with Crippen LogP contribution in [0.5, 0.6) is 0 Å². The third-order valence-corrected chi connectivity index (χ3v) is 5.04. The number of benzene rings is 1. The summed E-state index contributed by atoms with van der Waals surface area (Å²) in [5.74, 6) is -3.72. The van der Waals surface area contributed by atoms with Gasteiger partial charge in [-0.25, -0.2) is 18.2 Å². The first-order chi connectivity index (χ1) is 13.2. The number of aliphatic hydroxyl groups excluding tert-OH is 1. The minimum Gasteiger partial charge on any atom is -0.389 e. The number of aryl methyl sites for hydroxylation is 1. The Kier molecular flexibility index (Phi) is 4.24. The summed E-state index contributed by atoms with van der Waals surface area (Å²) >= 11 is 6.43. The molecule has 0 bridgehead atoms. The summed E-state index contributed by atoms with van der Waals surface area (Å²) in [6.07, 6.45) is 0.661. The molecule has 0 amide bonds. The van der Waals surface area contributed by atoms with Gasteiger partial charge in [-0.15, -0.1) is 0 Å². The smallest absolute Gasteiger partial charge is 0.192 e. The Morgan fingerprint density at radius 2 is 1.89 bits per heavy atom. The number of anilines is 2. The lowest BCUT2D eigenvalue weighted by molar-refractivity contribution is 0.141. The second-order valence-electron chi connectivity index (χ2n) is 6.65. The molecule has 10 heteroatoms. The van der Waals surface area contributed by atoms with E-state index >= 15 is 0 Å². The van der Waals surface area contributed by atoms with Crippen molar-refractivity contribution in [2.24, 2.45) is 0 Å². The quantitative estimate of drug-likeness (QED) is 0.678. The van der Waals surface area contributed by atoms with Crippen LogP contribution in [0.4, 0.5) is 24.7 Å². The predicted octanol–water partition coefficient (Wildman–Crippen LogP) is 2.53. The first-order valence-electron chi connectivity index (χ1n) is 8.28. The Hall–Kier alpha value is -2.78. The lowest BCUT2D eigenvalue weighted by Gasteiger charge is -2.38. The number of fused-ring (bicyclic) bond motifs is 1. The van der Waals surface area contributed by atoms with Gasteiger partial charge in [0.2, 0.25) is 0 Å². The average molecular weight is 411 g/mol. The van der Waals surface area contributed by atoms with Crippen molar-refractivity contribution in [1.29, 1.82) is 0 Å². The Morgan fingerprint density at radius 1 is 1.21 bits per heavy atom. The molecule has 6 nitrogen and oxygen atoms in total. The Labute approximate surface area is 161 Å². The minimum atomic E-state index is -1.03. The minimum absolute atomic E-state index is 0.00691. The van der Waals surface area contributed by atoms with Gasteiger partial charge in [0.15, 0.2) is 28.7 Å². The van der Waals surface area contributed by atoms with Crippen molar-refractivity contribution < 1.29 is 18.3 Å². The summed E-state index contributed by atoms with van der Waals surface area (Å²) in [6.45, 7) is 1.79. The molecule has 0 spiro atoms. The van der Waals surface area contributed by atoms with Crippen LogP contribution in [-0.4, -0.2) is 33.9 Å². The van der Waals surface area contributed by atoms with Crippen LogP contribution in [-0.2, 0) is 0 Å². The van der Waals surface area contributed by atoms with Crippen molar-refractivity contribution in [2.45, 2.75) is 13.0 Å². The number of aliphatic hydroxyl groups is 1. The molecule has 0 saturated carbocycles. The number of pyridine rings is 2. The number of β-amino-alcohol motifs (C(OH)–C–C–N with tert-alkyl or cyclic N) is 1. The fourth-order valence-electron chi connectivity index (χ4n) is 3.27. The predicted molar refractivity (Wildman–Crippen MR) is 99.6 cm³/mol. The molecule has 0 aliphatic carbocycles. The molecule has 2 aromatic heterocycles. The summed E-state index contributed by atoms with van der Waals surface area (Å²) < 4.78 is 43.8. The van der Waals surface area contributed by atoms with Gasteiger partial charge in [0.05, 0.1) is 27.7 Å². The van der Waals surface area contributed by atoms with Gasteiger partial charge in [-0.1, -0.05) is 11.6 Å². The molecule has 1 saturated heterocycles. The van der Waals surface area contributed by atoms with E-state index in [0.717, 1.165) is 10.6 Å². The van der Waals surface area contributed by atoms with Crippen LogP contribution in [0.25, 0.3) is 16.7 Å². The second-order valence-corrected chi connectivity index (χ2v) is 7.03. The van der Waals surface area contributed by atoms with Crippen LogP contribution in [0.15, 0.2) is 23.1 Å². The number of nitrogen functional groups attached to an aromatic ring is 1. The van der Waals surface area contributed by atoms with E-state index in [-0.39, 0.29) is 46.1 Å². The van der Waals surface area contributed by atoms with E-state index in [4.69, 9.17) is 17.3 Å². The van der Waals surface area contributed by atoms with E-state index in [2.05, 4.69) is 4.98 Å². The Morgan fingerprint density at radius 3 is 2.54 bits per heavy atom. The maximum atomic E-state index is 14.7. The van der Waals surface area contributed by atoms with Crippen LogP contribution in [0.1, 0.15) is 5.56 Å². The monoisotopic (exact) mass is 410 g/mol.